The smallest absolute Gasteiger partial charge is 0.271 e. The first kappa shape index (κ1) is 11.6. The van der Waals surface area contributed by atoms with Crippen LogP contribution in [0.1, 0.15) is 5.56 Å². The van der Waals surface area contributed by atoms with Crippen molar-refractivity contribution in [3.8, 4) is 11.1 Å². The van der Waals surface area contributed by atoms with Gasteiger partial charge in [-0.15, -0.1) is 10.2 Å². The van der Waals surface area contributed by atoms with Crippen molar-refractivity contribution in [2.24, 2.45) is 0 Å². The van der Waals surface area contributed by atoms with E-state index in [1.807, 2.05) is 0 Å². The summed E-state index contributed by atoms with van der Waals surface area (Å²) in [6, 6.07) is 5.05. The first-order valence-electron chi connectivity index (χ1n) is 5.37. The van der Waals surface area contributed by atoms with Crippen molar-refractivity contribution >= 4 is 5.65 Å². The van der Waals surface area contributed by atoms with Gasteiger partial charge in [0.05, 0.1) is 5.56 Å². The second-order valence-electron chi connectivity index (χ2n) is 3.95. The summed E-state index contributed by atoms with van der Waals surface area (Å²) in [6.07, 6.45) is 0.0353. The van der Waals surface area contributed by atoms with E-state index in [0.717, 1.165) is 12.1 Å². The van der Waals surface area contributed by atoms with E-state index in [1.165, 1.54) is 24.9 Å². The Morgan fingerprint density at radius 3 is 2.74 bits per heavy atom. The first-order chi connectivity index (χ1) is 9.05. The quantitative estimate of drug-likeness (QED) is 0.678. The average molecular weight is 264 g/mol. The summed E-state index contributed by atoms with van der Waals surface area (Å²) in [6.45, 7) is 0. The zero-order valence-electron chi connectivity index (χ0n) is 9.46. The largest absolute Gasteiger partial charge is 0.416 e. The minimum atomic E-state index is -4.37. The number of aromatic nitrogens is 4. The second-order valence-corrected chi connectivity index (χ2v) is 3.95. The SMILES string of the molecule is FC(F)(F)c1cccc(-c2cncn3cnnc23)c1. The number of alkyl halides is 3. The second kappa shape index (κ2) is 4.04. The van der Waals surface area contributed by atoms with Crippen molar-refractivity contribution in [3.05, 3.63) is 48.7 Å². The fraction of sp³-hybridized carbons (Fsp3) is 0.0833. The third kappa shape index (κ3) is 2.03. The molecular weight excluding hydrogens is 257 g/mol. The Labute approximate surface area is 105 Å². The van der Waals surface area contributed by atoms with Crippen LogP contribution >= 0.6 is 0 Å². The van der Waals surface area contributed by atoms with Crippen molar-refractivity contribution < 1.29 is 13.2 Å². The Morgan fingerprint density at radius 2 is 1.95 bits per heavy atom. The number of benzene rings is 1. The van der Waals surface area contributed by atoms with Gasteiger partial charge in [-0.2, -0.15) is 13.2 Å². The molecule has 0 N–H and O–H groups in total. The standard InChI is InChI=1S/C12H7F3N4/c13-12(14,15)9-3-1-2-8(4-9)10-5-16-6-19-7-17-18-11(10)19/h1-7H. The molecule has 0 fully saturated rings. The van der Waals surface area contributed by atoms with E-state index in [9.17, 15) is 13.2 Å². The molecule has 3 rings (SSSR count). The molecule has 0 saturated carbocycles. The van der Waals surface area contributed by atoms with Gasteiger partial charge in [-0.25, -0.2) is 4.98 Å². The van der Waals surface area contributed by atoms with Crippen molar-refractivity contribution in [2.45, 2.75) is 6.18 Å². The van der Waals surface area contributed by atoms with E-state index in [0.29, 0.717) is 16.8 Å². The van der Waals surface area contributed by atoms with Crippen LogP contribution in [-0.2, 0) is 6.18 Å². The fourth-order valence-electron chi connectivity index (χ4n) is 1.82. The highest BCUT2D eigenvalue weighted by Crippen LogP contribution is 2.32. The van der Waals surface area contributed by atoms with Gasteiger partial charge in [-0.3, -0.25) is 4.40 Å². The minimum Gasteiger partial charge on any atom is -0.271 e. The zero-order valence-corrected chi connectivity index (χ0v) is 9.46. The Balaban J connectivity index is 2.19. The lowest BCUT2D eigenvalue weighted by molar-refractivity contribution is -0.137. The molecule has 1 aromatic carbocycles. The average Bonchev–Trinajstić information content (AvgIpc) is 2.86. The van der Waals surface area contributed by atoms with Crippen LogP contribution in [0.25, 0.3) is 16.8 Å². The fourth-order valence-corrected chi connectivity index (χ4v) is 1.82. The van der Waals surface area contributed by atoms with Crippen LogP contribution in [0.15, 0.2) is 43.1 Å². The van der Waals surface area contributed by atoms with Crippen molar-refractivity contribution in [1.82, 2.24) is 19.6 Å². The van der Waals surface area contributed by atoms with Gasteiger partial charge in [0, 0.05) is 11.8 Å². The summed E-state index contributed by atoms with van der Waals surface area (Å²) < 4.78 is 39.6. The number of nitrogens with zero attached hydrogens (tertiary/aromatic N) is 4. The van der Waals surface area contributed by atoms with Crippen LogP contribution in [0.4, 0.5) is 13.2 Å². The van der Waals surface area contributed by atoms with Gasteiger partial charge in [0.15, 0.2) is 5.65 Å². The minimum absolute atomic E-state index is 0.404. The maximum atomic E-state index is 12.7. The van der Waals surface area contributed by atoms with Crippen LogP contribution < -0.4 is 0 Å². The Hall–Kier alpha value is -2.44. The van der Waals surface area contributed by atoms with Crippen molar-refractivity contribution in [2.75, 3.05) is 0 Å². The molecular formula is C12H7F3N4. The van der Waals surface area contributed by atoms with Gasteiger partial charge in [0.25, 0.3) is 0 Å². The monoisotopic (exact) mass is 264 g/mol. The lowest BCUT2D eigenvalue weighted by Gasteiger charge is -2.08. The van der Waals surface area contributed by atoms with E-state index in [1.54, 1.807) is 10.5 Å². The summed E-state index contributed by atoms with van der Waals surface area (Å²) in [7, 11) is 0. The van der Waals surface area contributed by atoms with Gasteiger partial charge >= 0.3 is 6.18 Å². The van der Waals surface area contributed by atoms with Crippen LogP contribution in [-0.4, -0.2) is 19.6 Å². The molecule has 0 aliphatic rings. The van der Waals surface area contributed by atoms with Crippen molar-refractivity contribution in [1.29, 1.82) is 0 Å². The highest BCUT2D eigenvalue weighted by molar-refractivity contribution is 5.76. The normalized spacial score (nSPS) is 11.9. The molecule has 2 aromatic heterocycles. The Kier molecular flexibility index (Phi) is 2.48. The Morgan fingerprint density at radius 1 is 1.11 bits per heavy atom. The predicted octanol–water partition coefficient (Wildman–Crippen LogP) is 2.81. The van der Waals surface area contributed by atoms with Crippen LogP contribution in [0, 0.1) is 0 Å². The van der Waals surface area contributed by atoms with Gasteiger partial charge in [-0.1, -0.05) is 12.1 Å². The highest BCUT2D eigenvalue weighted by Gasteiger charge is 2.30. The molecule has 19 heavy (non-hydrogen) atoms. The Bertz CT molecular complexity index is 733. The van der Waals surface area contributed by atoms with Gasteiger partial charge in [-0.05, 0) is 17.7 Å². The summed E-state index contributed by atoms with van der Waals surface area (Å²) in [4.78, 5) is 3.95. The lowest BCUT2D eigenvalue weighted by atomic mass is 10.1. The molecule has 7 heteroatoms. The van der Waals surface area contributed by atoms with E-state index in [-0.39, 0.29) is 0 Å². The van der Waals surface area contributed by atoms with E-state index in [4.69, 9.17) is 0 Å². The molecule has 0 aliphatic heterocycles. The summed E-state index contributed by atoms with van der Waals surface area (Å²) in [5.74, 6) is 0. The maximum absolute atomic E-state index is 12.7. The van der Waals surface area contributed by atoms with E-state index in [2.05, 4.69) is 15.2 Å². The number of halogens is 3. The van der Waals surface area contributed by atoms with Crippen LogP contribution in [0.5, 0.6) is 0 Å². The molecule has 0 spiro atoms. The van der Waals surface area contributed by atoms with Gasteiger partial charge in [0.1, 0.15) is 12.7 Å². The molecule has 0 atom stereocenters. The molecule has 96 valence electrons. The molecule has 3 aromatic rings. The summed E-state index contributed by atoms with van der Waals surface area (Å²) in [5, 5.41) is 7.59. The van der Waals surface area contributed by atoms with Gasteiger partial charge in [0.2, 0.25) is 0 Å². The molecule has 0 aliphatic carbocycles. The first-order valence-corrected chi connectivity index (χ1v) is 5.37. The zero-order chi connectivity index (χ0) is 13.5. The third-order valence-corrected chi connectivity index (χ3v) is 2.71. The number of hydrogen-bond donors (Lipinski definition) is 0. The van der Waals surface area contributed by atoms with E-state index >= 15 is 0 Å². The molecule has 0 bridgehead atoms. The lowest BCUT2D eigenvalue weighted by Crippen LogP contribution is -2.04. The molecule has 2 heterocycles. The summed E-state index contributed by atoms with van der Waals surface area (Å²) in [5.41, 5.74) is 0.674. The molecule has 4 nitrogen and oxygen atoms in total. The maximum Gasteiger partial charge on any atom is 0.416 e. The molecule has 0 amide bonds. The van der Waals surface area contributed by atoms with Crippen LogP contribution in [0.3, 0.4) is 0 Å². The van der Waals surface area contributed by atoms with Crippen LogP contribution in [0.2, 0.25) is 0 Å². The summed E-state index contributed by atoms with van der Waals surface area (Å²) >= 11 is 0. The molecule has 0 unspecified atom stereocenters. The number of rotatable bonds is 1. The number of hydrogen-bond acceptors (Lipinski definition) is 3. The highest BCUT2D eigenvalue weighted by atomic mass is 19.4. The third-order valence-electron chi connectivity index (χ3n) is 2.71. The topological polar surface area (TPSA) is 43.1 Å². The van der Waals surface area contributed by atoms with E-state index < -0.39 is 11.7 Å². The van der Waals surface area contributed by atoms with Crippen molar-refractivity contribution in [3.63, 3.8) is 0 Å². The number of fused-ring (bicyclic) bond motifs is 1. The molecule has 0 saturated heterocycles. The van der Waals surface area contributed by atoms with Gasteiger partial charge < -0.3 is 0 Å². The predicted molar refractivity (Wildman–Crippen MR) is 61.2 cm³/mol. The molecule has 0 radical (unpaired) electrons.